The van der Waals surface area contributed by atoms with Gasteiger partial charge in [-0.2, -0.15) is 0 Å². The molecule has 2 atom stereocenters. The third-order valence-corrected chi connectivity index (χ3v) is 1.89. The van der Waals surface area contributed by atoms with E-state index in [-0.39, 0.29) is 18.4 Å². The zero-order chi connectivity index (χ0) is 9.56. The topological polar surface area (TPSA) is 72.2 Å². The fraction of sp³-hybridized carbons (Fsp3) is 0.750. The summed E-state index contributed by atoms with van der Waals surface area (Å²) < 4.78 is 0. The Labute approximate surface area is 72.5 Å². The van der Waals surface area contributed by atoms with Gasteiger partial charge in [0.1, 0.15) is 0 Å². The minimum absolute atomic E-state index is 0.0804. The Hall–Kier alpha value is -0.900. The first-order valence-corrected chi connectivity index (χ1v) is 4.01. The Kier molecular flexibility index (Phi) is 5.28. The van der Waals surface area contributed by atoms with Gasteiger partial charge >= 0.3 is 0 Å². The Balaban J connectivity index is 3.83. The normalized spacial score (nSPS) is 14.9. The second-order valence-corrected chi connectivity index (χ2v) is 2.77. The summed E-state index contributed by atoms with van der Waals surface area (Å²) in [6, 6.07) is -0.525. The molecule has 4 heteroatoms. The van der Waals surface area contributed by atoms with E-state index in [9.17, 15) is 9.59 Å². The van der Waals surface area contributed by atoms with Crippen LogP contribution >= 0.6 is 0 Å². The van der Waals surface area contributed by atoms with Crippen LogP contribution in [0.25, 0.3) is 0 Å². The van der Waals surface area contributed by atoms with Crippen LogP contribution in [0, 0.1) is 5.92 Å². The smallest absolute Gasteiger partial charge is 0.237 e. The molecule has 0 bridgehead atoms. The lowest BCUT2D eigenvalue weighted by Crippen LogP contribution is -2.45. The van der Waals surface area contributed by atoms with E-state index in [1.54, 1.807) is 6.29 Å². The molecule has 0 saturated heterocycles. The van der Waals surface area contributed by atoms with Crippen LogP contribution in [-0.2, 0) is 9.59 Å². The minimum Gasteiger partial charge on any atom is -0.347 e. The van der Waals surface area contributed by atoms with Gasteiger partial charge in [-0.25, -0.2) is 0 Å². The number of nitrogens with one attached hydrogen (secondary N) is 1. The third-order valence-electron chi connectivity index (χ3n) is 1.89. The molecule has 0 saturated carbocycles. The maximum absolute atomic E-state index is 11.1. The summed E-state index contributed by atoms with van der Waals surface area (Å²) in [4.78, 5) is 20.9. The van der Waals surface area contributed by atoms with Crippen molar-refractivity contribution in [3.05, 3.63) is 0 Å². The lowest BCUT2D eigenvalue weighted by molar-refractivity contribution is -0.123. The summed E-state index contributed by atoms with van der Waals surface area (Å²) in [5.41, 5.74) is 5.57. The van der Waals surface area contributed by atoms with Gasteiger partial charge in [0.2, 0.25) is 12.2 Å². The highest BCUT2D eigenvalue weighted by atomic mass is 16.2. The van der Waals surface area contributed by atoms with Gasteiger partial charge in [-0.15, -0.1) is 0 Å². The van der Waals surface area contributed by atoms with E-state index in [0.29, 0.717) is 0 Å². The van der Waals surface area contributed by atoms with Crippen molar-refractivity contribution in [2.75, 3.05) is 6.54 Å². The van der Waals surface area contributed by atoms with Gasteiger partial charge in [0.15, 0.2) is 0 Å². The third kappa shape index (κ3) is 3.48. The summed E-state index contributed by atoms with van der Waals surface area (Å²) in [6.45, 7) is 3.78. The molecule has 0 spiro atoms. The Bertz CT molecular complexity index is 159. The van der Waals surface area contributed by atoms with Gasteiger partial charge in [-0.05, 0) is 5.92 Å². The molecule has 0 rings (SSSR count). The lowest BCUT2D eigenvalue weighted by atomic mass is 9.99. The van der Waals surface area contributed by atoms with Crippen molar-refractivity contribution in [3.8, 4) is 0 Å². The first kappa shape index (κ1) is 11.1. The predicted molar refractivity (Wildman–Crippen MR) is 46.1 cm³/mol. The Morgan fingerprint density at radius 2 is 2.25 bits per heavy atom. The highest BCUT2D eigenvalue weighted by Crippen LogP contribution is 2.04. The lowest BCUT2D eigenvalue weighted by Gasteiger charge is -2.16. The van der Waals surface area contributed by atoms with E-state index in [2.05, 4.69) is 5.32 Å². The average Bonchev–Trinajstić information content (AvgIpc) is 2.11. The second kappa shape index (κ2) is 5.71. The largest absolute Gasteiger partial charge is 0.347 e. The number of carbonyl (C=O) groups is 1. The van der Waals surface area contributed by atoms with E-state index in [4.69, 9.17) is 5.73 Å². The van der Waals surface area contributed by atoms with Crippen LogP contribution in [0.4, 0.5) is 0 Å². The number of rotatable bonds is 5. The van der Waals surface area contributed by atoms with Crippen molar-refractivity contribution in [1.82, 2.24) is 5.32 Å². The van der Waals surface area contributed by atoms with Crippen LogP contribution in [0.3, 0.4) is 0 Å². The number of amides is 1. The van der Waals surface area contributed by atoms with Crippen molar-refractivity contribution in [3.63, 3.8) is 0 Å². The molecule has 3 N–H and O–H groups in total. The number of hydrogen-bond acceptors (Lipinski definition) is 3. The molecule has 0 aliphatic rings. The average molecular weight is 171 g/mol. The minimum atomic E-state index is -0.525. The van der Waals surface area contributed by atoms with Crippen molar-refractivity contribution in [2.45, 2.75) is 26.3 Å². The van der Waals surface area contributed by atoms with E-state index in [0.717, 1.165) is 6.42 Å². The summed E-state index contributed by atoms with van der Waals surface area (Å²) >= 11 is 0. The van der Waals surface area contributed by atoms with Gasteiger partial charge in [0, 0.05) is 0 Å². The molecule has 0 aliphatic heterocycles. The molecule has 0 aliphatic carbocycles. The van der Waals surface area contributed by atoms with E-state index < -0.39 is 6.04 Å². The van der Waals surface area contributed by atoms with Crippen molar-refractivity contribution in [2.24, 2.45) is 11.7 Å². The molecule has 0 fully saturated rings. The molecule has 4 nitrogen and oxygen atoms in total. The molecule has 69 valence electrons. The molecule has 0 aromatic heterocycles. The summed E-state index contributed by atoms with van der Waals surface area (Å²) in [5, 5.41) is 2.36. The summed E-state index contributed by atoms with van der Waals surface area (Å²) in [6.07, 6.45) is 2.42. The van der Waals surface area contributed by atoms with E-state index in [1.807, 2.05) is 13.8 Å². The van der Waals surface area contributed by atoms with Crippen LogP contribution in [-0.4, -0.2) is 24.8 Å². The maximum Gasteiger partial charge on any atom is 0.237 e. The molecule has 0 aromatic rings. The number of carbonyl (C=O) groups excluding carboxylic acids is 2. The fourth-order valence-corrected chi connectivity index (χ4v) is 0.753. The SMILES string of the molecule is CCC(C)[C@@H](N)C(=O)NC[C]=O. The van der Waals surface area contributed by atoms with Crippen molar-refractivity contribution < 1.29 is 9.59 Å². The van der Waals surface area contributed by atoms with Gasteiger partial charge < -0.3 is 11.1 Å². The molecule has 1 radical (unpaired) electrons. The molecule has 0 aromatic carbocycles. The van der Waals surface area contributed by atoms with Crippen LogP contribution < -0.4 is 11.1 Å². The van der Waals surface area contributed by atoms with Gasteiger partial charge in [-0.3, -0.25) is 9.59 Å². The summed E-state index contributed by atoms with van der Waals surface area (Å²) in [7, 11) is 0. The summed E-state index contributed by atoms with van der Waals surface area (Å²) in [5.74, 6) is -0.149. The quantitative estimate of drug-likeness (QED) is 0.590. The molecule has 0 heterocycles. The standard InChI is InChI=1S/C8H15N2O2/c1-3-6(2)7(9)8(12)10-4-5-11/h6-7H,3-4,9H2,1-2H3,(H,10,12)/t6?,7-/m1/s1. The fourth-order valence-electron chi connectivity index (χ4n) is 0.753. The van der Waals surface area contributed by atoms with Crippen molar-refractivity contribution in [1.29, 1.82) is 0 Å². The second-order valence-electron chi connectivity index (χ2n) is 2.77. The Morgan fingerprint density at radius 3 is 2.67 bits per heavy atom. The zero-order valence-electron chi connectivity index (χ0n) is 7.46. The number of nitrogens with two attached hydrogens (primary N) is 1. The molecule has 12 heavy (non-hydrogen) atoms. The predicted octanol–water partition coefficient (Wildman–Crippen LogP) is -0.414. The van der Waals surface area contributed by atoms with Crippen LogP contribution in [0.5, 0.6) is 0 Å². The highest BCUT2D eigenvalue weighted by molar-refractivity contribution is 5.83. The van der Waals surface area contributed by atoms with E-state index >= 15 is 0 Å². The number of hydrogen-bond donors (Lipinski definition) is 2. The van der Waals surface area contributed by atoms with Crippen LogP contribution in [0.15, 0.2) is 0 Å². The van der Waals surface area contributed by atoms with Gasteiger partial charge in [0.25, 0.3) is 0 Å². The van der Waals surface area contributed by atoms with E-state index in [1.165, 1.54) is 0 Å². The van der Waals surface area contributed by atoms with Gasteiger partial charge in [0.05, 0.1) is 12.6 Å². The van der Waals surface area contributed by atoms with Crippen molar-refractivity contribution >= 4 is 12.2 Å². The molecule has 1 amide bonds. The molecule has 1 unspecified atom stereocenters. The Morgan fingerprint density at radius 1 is 1.67 bits per heavy atom. The van der Waals surface area contributed by atoms with Crippen LogP contribution in [0.2, 0.25) is 0 Å². The monoisotopic (exact) mass is 171 g/mol. The van der Waals surface area contributed by atoms with Gasteiger partial charge in [-0.1, -0.05) is 20.3 Å². The first-order chi connectivity index (χ1) is 5.63. The highest BCUT2D eigenvalue weighted by Gasteiger charge is 2.18. The van der Waals surface area contributed by atoms with Crippen LogP contribution in [0.1, 0.15) is 20.3 Å². The zero-order valence-corrected chi connectivity index (χ0v) is 7.46. The maximum atomic E-state index is 11.1. The first-order valence-electron chi connectivity index (χ1n) is 4.01. The molecular weight excluding hydrogens is 156 g/mol. The molecular formula is C8H15N2O2.